The molecule has 1 N–H and O–H groups in total. The van der Waals surface area contributed by atoms with Gasteiger partial charge in [-0.2, -0.15) is 0 Å². The average molecular weight is 436 g/mol. The van der Waals surface area contributed by atoms with Crippen LogP contribution in [0.2, 0.25) is 0 Å². The highest BCUT2D eigenvalue weighted by Gasteiger charge is 2.36. The maximum atomic E-state index is 13.2. The van der Waals surface area contributed by atoms with Gasteiger partial charge in [0, 0.05) is 23.2 Å². The highest BCUT2D eigenvalue weighted by Crippen LogP contribution is 2.34. The molecule has 1 saturated heterocycles. The Bertz CT molecular complexity index is 916. The largest absolute Gasteiger partial charge is 0.336 e. The van der Waals surface area contributed by atoms with E-state index in [0.29, 0.717) is 6.54 Å². The van der Waals surface area contributed by atoms with Crippen LogP contribution in [-0.4, -0.2) is 22.6 Å². The number of anilines is 1. The summed E-state index contributed by atoms with van der Waals surface area (Å²) in [6.07, 6.45) is 0.907. The molecule has 1 fully saturated rings. The molecule has 142 valence electrons. The Morgan fingerprint density at radius 2 is 1.57 bits per heavy atom. The number of carbonyl (C=O) groups is 1. The Hall–Kier alpha value is -2.63. The smallest absolute Gasteiger partial charge is 0.307 e. The van der Waals surface area contributed by atoms with Crippen molar-refractivity contribution >= 4 is 27.6 Å². The number of amides is 2. The Kier molecular flexibility index (Phi) is 5.74. The number of benzene rings is 3. The van der Waals surface area contributed by atoms with Crippen LogP contribution in [0, 0.1) is 0 Å². The molecule has 1 aliphatic heterocycles. The number of hydrazine groups is 1. The second-order valence-electron chi connectivity index (χ2n) is 6.87. The number of nitrogens with zero attached hydrogens (tertiary/aromatic N) is 2. The number of hydrogen-bond acceptors (Lipinski definition) is 2. The van der Waals surface area contributed by atoms with Gasteiger partial charge in [-0.25, -0.2) is 14.8 Å². The first kappa shape index (κ1) is 18.7. The molecule has 4 rings (SSSR count). The van der Waals surface area contributed by atoms with Crippen LogP contribution in [0.15, 0.2) is 89.4 Å². The van der Waals surface area contributed by atoms with Gasteiger partial charge < -0.3 is 5.32 Å². The number of rotatable bonds is 4. The van der Waals surface area contributed by atoms with E-state index in [4.69, 9.17) is 0 Å². The molecular formula is C23H22BrN3O. The Balaban J connectivity index is 1.59. The monoisotopic (exact) mass is 435 g/mol. The molecule has 4 nitrogen and oxygen atoms in total. The summed E-state index contributed by atoms with van der Waals surface area (Å²) in [5, 5.41) is 7.07. The third-order valence-electron chi connectivity index (χ3n) is 4.96. The summed E-state index contributed by atoms with van der Waals surface area (Å²) < 4.78 is 0.986. The molecule has 0 saturated carbocycles. The van der Waals surface area contributed by atoms with Crippen molar-refractivity contribution in [2.45, 2.75) is 19.0 Å². The molecule has 2 amide bonds. The van der Waals surface area contributed by atoms with Gasteiger partial charge in [0.15, 0.2) is 0 Å². The number of urea groups is 1. The minimum atomic E-state index is -0.107. The van der Waals surface area contributed by atoms with Gasteiger partial charge in [-0.05, 0) is 41.8 Å². The van der Waals surface area contributed by atoms with Crippen LogP contribution in [0.5, 0.6) is 0 Å². The molecule has 0 radical (unpaired) electrons. The van der Waals surface area contributed by atoms with E-state index in [2.05, 4.69) is 50.5 Å². The summed E-state index contributed by atoms with van der Waals surface area (Å²) in [4.78, 5) is 13.2. The lowest BCUT2D eigenvalue weighted by atomic mass is 10.1. The zero-order chi connectivity index (χ0) is 19.3. The molecular weight excluding hydrogens is 414 g/mol. The summed E-state index contributed by atoms with van der Waals surface area (Å²) in [6, 6.07) is 28.1. The number of carbonyl (C=O) groups excluding carboxylic acids is 1. The maximum absolute atomic E-state index is 13.2. The molecule has 0 bridgehead atoms. The van der Waals surface area contributed by atoms with Crippen molar-refractivity contribution in [3.05, 3.63) is 101 Å². The first-order valence-electron chi connectivity index (χ1n) is 9.40. The molecule has 1 atom stereocenters. The van der Waals surface area contributed by atoms with Gasteiger partial charge in [0.2, 0.25) is 0 Å². The molecule has 1 aliphatic rings. The molecule has 0 spiro atoms. The standard InChI is InChI=1S/C23H22BrN3O/c24-20-11-13-21(14-12-20)25-23(28)27-22(19-9-5-2-6-10-19)15-16-26(27)17-18-7-3-1-4-8-18/h1-14,22H,15-17H2,(H,25,28). The fourth-order valence-corrected chi connectivity index (χ4v) is 3.88. The topological polar surface area (TPSA) is 35.6 Å². The van der Waals surface area contributed by atoms with Gasteiger partial charge in [-0.15, -0.1) is 0 Å². The van der Waals surface area contributed by atoms with E-state index in [1.165, 1.54) is 5.56 Å². The van der Waals surface area contributed by atoms with E-state index in [1.807, 2.05) is 65.7 Å². The summed E-state index contributed by atoms with van der Waals surface area (Å²) >= 11 is 3.43. The lowest BCUT2D eigenvalue weighted by Crippen LogP contribution is -2.44. The summed E-state index contributed by atoms with van der Waals surface area (Å²) in [6.45, 7) is 1.54. The van der Waals surface area contributed by atoms with Crippen LogP contribution in [0.3, 0.4) is 0 Å². The second-order valence-corrected chi connectivity index (χ2v) is 7.79. The highest BCUT2D eigenvalue weighted by atomic mass is 79.9. The van der Waals surface area contributed by atoms with Gasteiger partial charge >= 0.3 is 6.03 Å². The zero-order valence-corrected chi connectivity index (χ0v) is 17.0. The van der Waals surface area contributed by atoms with E-state index in [9.17, 15) is 4.79 Å². The van der Waals surface area contributed by atoms with Crippen molar-refractivity contribution in [1.29, 1.82) is 0 Å². The molecule has 0 aromatic heterocycles. The quantitative estimate of drug-likeness (QED) is 0.557. The van der Waals surface area contributed by atoms with E-state index >= 15 is 0 Å². The normalized spacial score (nSPS) is 16.9. The molecule has 5 heteroatoms. The van der Waals surface area contributed by atoms with Crippen LogP contribution in [0.4, 0.5) is 10.5 Å². The minimum absolute atomic E-state index is 0.0281. The Labute approximate surface area is 173 Å². The van der Waals surface area contributed by atoms with Gasteiger partial charge in [-0.3, -0.25) is 0 Å². The lowest BCUT2D eigenvalue weighted by Gasteiger charge is -2.32. The van der Waals surface area contributed by atoms with E-state index < -0.39 is 0 Å². The van der Waals surface area contributed by atoms with Crippen LogP contribution < -0.4 is 5.32 Å². The minimum Gasteiger partial charge on any atom is -0.307 e. The fourth-order valence-electron chi connectivity index (χ4n) is 3.61. The first-order valence-corrected chi connectivity index (χ1v) is 10.2. The SMILES string of the molecule is O=C(Nc1ccc(Br)cc1)N1C(c2ccccc2)CCN1Cc1ccccc1. The van der Waals surface area contributed by atoms with Gasteiger partial charge in [0.1, 0.15) is 0 Å². The molecule has 3 aromatic rings. The van der Waals surface area contributed by atoms with Crippen LogP contribution in [-0.2, 0) is 6.54 Å². The predicted octanol–water partition coefficient (Wildman–Crippen LogP) is 5.85. The molecule has 0 aliphatic carbocycles. The van der Waals surface area contributed by atoms with Gasteiger partial charge in [0.25, 0.3) is 0 Å². The van der Waals surface area contributed by atoms with Crippen molar-refractivity contribution in [1.82, 2.24) is 10.0 Å². The predicted molar refractivity (Wildman–Crippen MR) is 116 cm³/mol. The number of nitrogens with one attached hydrogen (secondary N) is 1. The van der Waals surface area contributed by atoms with Crippen molar-refractivity contribution in [3.8, 4) is 0 Å². The molecule has 28 heavy (non-hydrogen) atoms. The van der Waals surface area contributed by atoms with Crippen LogP contribution >= 0.6 is 15.9 Å². The Morgan fingerprint density at radius 1 is 0.929 bits per heavy atom. The van der Waals surface area contributed by atoms with Crippen molar-refractivity contribution in [2.24, 2.45) is 0 Å². The van der Waals surface area contributed by atoms with Crippen LogP contribution in [0.25, 0.3) is 0 Å². The summed E-state index contributed by atoms with van der Waals surface area (Å²) in [7, 11) is 0. The average Bonchev–Trinajstić information content (AvgIpc) is 3.15. The van der Waals surface area contributed by atoms with E-state index in [-0.39, 0.29) is 12.1 Å². The third-order valence-corrected chi connectivity index (χ3v) is 5.49. The van der Waals surface area contributed by atoms with Crippen molar-refractivity contribution in [2.75, 3.05) is 11.9 Å². The molecule has 1 unspecified atom stereocenters. The molecule has 1 heterocycles. The fraction of sp³-hybridized carbons (Fsp3) is 0.174. The van der Waals surface area contributed by atoms with Gasteiger partial charge in [-0.1, -0.05) is 76.6 Å². The van der Waals surface area contributed by atoms with Crippen LogP contribution in [0.1, 0.15) is 23.6 Å². The lowest BCUT2D eigenvalue weighted by molar-refractivity contribution is 0.0362. The Morgan fingerprint density at radius 3 is 2.25 bits per heavy atom. The van der Waals surface area contributed by atoms with Gasteiger partial charge in [0.05, 0.1) is 6.04 Å². The third kappa shape index (κ3) is 4.26. The maximum Gasteiger partial charge on any atom is 0.336 e. The summed E-state index contributed by atoms with van der Waals surface area (Å²) in [5.74, 6) is 0. The first-order chi connectivity index (χ1) is 13.7. The zero-order valence-electron chi connectivity index (χ0n) is 15.5. The second kappa shape index (κ2) is 8.59. The number of hydrogen-bond donors (Lipinski definition) is 1. The highest BCUT2D eigenvalue weighted by molar-refractivity contribution is 9.10. The number of halogens is 1. The summed E-state index contributed by atoms with van der Waals surface area (Å²) in [5.41, 5.74) is 3.13. The van der Waals surface area contributed by atoms with E-state index in [1.54, 1.807) is 0 Å². The van der Waals surface area contributed by atoms with Crippen molar-refractivity contribution < 1.29 is 4.79 Å². The van der Waals surface area contributed by atoms with Crippen molar-refractivity contribution in [3.63, 3.8) is 0 Å². The molecule has 3 aromatic carbocycles. The van der Waals surface area contributed by atoms with E-state index in [0.717, 1.165) is 28.7 Å².